The fourth-order valence-electron chi connectivity index (χ4n) is 7.83. The molecule has 0 spiro atoms. The highest BCUT2D eigenvalue weighted by atomic mass is 32.2. The summed E-state index contributed by atoms with van der Waals surface area (Å²) in [5.74, 6) is -0.853. The van der Waals surface area contributed by atoms with Crippen molar-refractivity contribution < 1.29 is 39.1 Å². The van der Waals surface area contributed by atoms with Crippen molar-refractivity contribution in [2.75, 3.05) is 52.7 Å². The summed E-state index contributed by atoms with van der Waals surface area (Å²) in [5.41, 5.74) is 3.51. The molecule has 2 fully saturated rings. The molecule has 2 N–H and O–H groups in total. The molecule has 0 saturated carbocycles. The monoisotopic (exact) mass is 850 g/mol. The van der Waals surface area contributed by atoms with Crippen LogP contribution in [0.3, 0.4) is 0 Å². The van der Waals surface area contributed by atoms with Crippen LogP contribution in [-0.2, 0) is 19.1 Å². The quantitative estimate of drug-likeness (QED) is 0.0720. The van der Waals surface area contributed by atoms with Gasteiger partial charge < -0.3 is 29.5 Å². The first-order valence-electron chi connectivity index (χ1n) is 20.2. The molecule has 2 saturated heterocycles. The molecule has 14 nitrogen and oxygen atoms in total. The molecule has 2 heterocycles. The summed E-state index contributed by atoms with van der Waals surface area (Å²) in [6.45, 7) is 8.90. The number of nitro groups is 2. The summed E-state index contributed by atoms with van der Waals surface area (Å²) in [5, 5.41) is 46.5. The van der Waals surface area contributed by atoms with Gasteiger partial charge in [-0.1, -0.05) is 100 Å². The van der Waals surface area contributed by atoms with E-state index in [1.807, 2.05) is 52.0 Å². The van der Waals surface area contributed by atoms with Gasteiger partial charge in [-0.2, -0.15) is 0 Å². The van der Waals surface area contributed by atoms with Crippen LogP contribution in [0, 0.1) is 20.2 Å². The number of aliphatic hydroxyl groups is 2. The Balaban J connectivity index is 1.53. The van der Waals surface area contributed by atoms with E-state index in [0.29, 0.717) is 35.5 Å². The molecule has 320 valence electrons. The molecule has 4 aromatic rings. The number of nitrogens with zero attached hydrogens (tertiary/aromatic N) is 4. The van der Waals surface area contributed by atoms with Crippen LogP contribution in [0.2, 0.25) is 0 Å². The van der Waals surface area contributed by atoms with Gasteiger partial charge in [-0.25, -0.2) is 0 Å². The highest BCUT2D eigenvalue weighted by molar-refractivity contribution is 7.99. The predicted octanol–water partition coefficient (Wildman–Crippen LogP) is 7.70. The molecule has 6 rings (SSSR count). The molecule has 2 atom stereocenters. The van der Waals surface area contributed by atoms with Gasteiger partial charge in [0.05, 0.1) is 82.5 Å². The smallest absolute Gasteiger partial charge is 0.291 e. The molecule has 0 aromatic heterocycles. The molecule has 0 radical (unpaired) electrons. The molecule has 15 heteroatoms. The van der Waals surface area contributed by atoms with E-state index in [-0.39, 0.29) is 95.5 Å². The van der Waals surface area contributed by atoms with Crippen LogP contribution in [0.25, 0.3) is 34.4 Å². The molecule has 61 heavy (non-hydrogen) atoms. The Labute approximate surface area is 358 Å². The van der Waals surface area contributed by atoms with Crippen LogP contribution < -0.4 is 0 Å². The summed E-state index contributed by atoms with van der Waals surface area (Å²) >= 11 is 0.897. The summed E-state index contributed by atoms with van der Waals surface area (Å²) in [4.78, 5) is 56.0. The normalized spacial score (nSPS) is 17.2. The van der Waals surface area contributed by atoms with Crippen molar-refractivity contribution in [2.24, 2.45) is 0 Å². The highest BCUT2D eigenvalue weighted by Gasteiger charge is 2.32. The van der Waals surface area contributed by atoms with E-state index in [1.54, 1.807) is 36.4 Å². The zero-order valence-electron chi connectivity index (χ0n) is 34.6. The number of ether oxygens (including phenoxy) is 2. The zero-order valence-corrected chi connectivity index (χ0v) is 35.4. The summed E-state index contributed by atoms with van der Waals surface area (Å²) in [6, 6.07) is 20.0. The first-order chi connectivity index (χ1) is 29.4. The van der Waals surface area contributed by atoms with Crippen LogP contribution in [0.1, 0.15) is 61.8 Å². The molecule has 2 amide bonds. The molecular formula is C46H50N4O10S. The van der Waals surface area contributed by atoms with Gasteiger partial charge >= 0.3 is 0 Å². The number of carbonyl (C=O) groups excluding carboxylic acids is 2. The van der Waals surface area contributed by atoms with Crippen LogP contribution in [0.5, 0.6) is 0 Å². The maximum Gasteiger partial charge on any atom is 0.291 e. The maximum atomic E-state index is 13.5. The Morgan fingerprint density at radius 2 is 1.08 bits per heavy atom. The topological polar surface area (TPSA) is 186 Å². The third-order valence-electron chi connectivity index (χ3n) is 10.9. The minimum absolute atomic E-state index is 0.0424. The van der Waals surface area contributed by atoms with E-state index < -0.39 is 21.9 Å². The van der Waals surface area contributed by atoms with Crippen molar-refractivity contribution in [3.63, 3.8) is 0 Å². The van der Waals surface area contributed by atoms with Gasteiger partial charge in [-0.05, 0) is 69.5 Å². The first kappa shape index (κ1) is 44.8. The number of benzene rings is 4. The minimum atomic E-state index is -0.529. The second-order valence-corrected chi connectivity index (χ2v) is 16.5. The van der Waals surface area contributed by atoms with Gasteiger partial charge in [-0.15, -0.1) is 0 Å². The second-order valence-electron chi connectivity index (χ2n) is 15.4. The number of hydrogen-bond donors (Lipinski definition) is 2. The van der Waals surface area contributed by atoms with Crippen molar-refractivity contribution >= 4 is 47.1 Å². The predicted molar refractivity (Wildman–Crippen MR) is 234 cm³/mol. The third-order valence-corrected chi connectivity index (χ3v) is 12.0. The van der Waals surface area contributed by atoms with Crippen molar-refractivity contribution in [3.05, 3.63) is 127 Å². The van der Waals surface area contributed by atoms with Gasteiger partial charge in [0.2, 0.25) is 11.8 Å². The van der Waals surface area contributed by atoms with E-state index in [1.165, 1.54) is 46.2 Å². The lowest BCUT2D eigenvalue weighted by atomic mass is 9.89. The van der Waals surface area contributed by atoms with E-state index in [0.717, 1.165) is 22.9 Å². The van der Waals surface area contributed by atoms with Crippen molar-refractivity contribution in [3.8, 4) is 22.3 Å². The molecule has 2 aliphatic rings. The van der Waals surface area contributed by atoms with Crippen molar-refractivity contribution in [1.29, 1.82) is 0 Å². The SMILES string of the molecule is CC(C)c1ccccc1-c1c(C=CC(=O)N2CCOCC2CO)ccc(Sc2ccc(C=CC(=O)N3CCOCC3CO)c(-c3ccccc3C(C)C)c2[N+](=O)[O-])c1[N+](=O)[O-]. The van der Waals surface area contributed by atoms with Crippen molar-refractivity contribution in [1.82, 2.24) is 9.80 Å². The Kier molecular flexibility index (Phi) is 14.9. The van der Waals surface area contributed by atoms with Gasteiger partial charge in [-0.3, -0.25) is 29.8 Å². The lowest BCUT2D eigenvalue weighted by molar-refractivity contribution is -0.387. The Morgan fingerprint density at radius 3 is 1.44 bits per heavy atom. The molecular weight excluding hydrogens is 801 g/mol. The average Bonchev–Trinajstić information content (AvgIpc) is 3.27. The highest BCUT2D eigenvalue weighted by Crippen LogP contribution is 2.50. The Bertz CT molecular complexity index is 2180. The number of hydrogen-bond acceptors (Lipinski definition) is 11. The summed E-state index contributed by atoms with van der Waals surface area (Å²) in [6.07, 6.45) is 5.74. The average molecular weight is 851 g/mol. The number of nitro benzene ring substituents is 2. The van der Waals surface area contributed by atoms with E-state index in [9.17, 15) is 40.0 Å². The van der Waals surface area contributed by atoms with Crippen LogP contribution in [0.15, 0.2) is 94.7 Å². The van der Waals surface area contributed by atoms with E-state index in [2.05, 4.69) is 0 Å². The maximum absolute atomic E-state index is 13.5. The minimum Gasteiger partial charge on any atom is -0.394 e. The molecule has 2 unspecified atom stereocenters. The number of rotatable bonds is 14. The third kappa shape index (κ3) is 9.93. The fraction of sp³-hybridized carbons (Fsp3) is 0.348. The van der Waals surface area contributed by atoms with Crippen LogP contribution >= 0.6 is 11.8 Å². The van der Waals surface area contributed by atoms with E-state index in [4.69, 9.17) is 9.47 Å². The van der Waals surface area contributed by atoms with Gasteiger partial charge in [0.15, 0.2) is 0 Å². The number of aliphatic hydroxyl groups excluding tert-OH is 2. The van der Waals surface area contributed by atoms with Gasteiger partial charge in [0.25, 0.3) is 11.4 Å². The zero-order chi connectivity index (χ0) is 43.8. The van der Waals surface area contributed by atoms with Crippen LogP contribution in [0.4, 0.5) is 11.4 Å². The van der Waals surface area contributed by atoms with E-state index >= 15 is 0 Å². The fourth-order valence-corrected chi connectivity index (χ4v) is 8.88. The van der Waals surface area contributed by atoms with Crippen molar-refractivity contribution in [2.45, 2.75) is 61.4 Å². The molecule has 4 aromatic carbocycles. The second kappa shape index (κ2) is 20.2. The van der Waals surface area contributed by atoms with Gasteiger partial charge in [0.1, 0.15) is 0 Å². The summed E-state index contributed by atoms with van der Waals surface area (Å²) < 4.78 is 10.9. The molecule has 2 aliphatic heterocycles. The molecule has 0 aliphatic carbocycles. The first-order valence-corrected chi connectivity index (χ1v) is 21.0. The standard InChI is InChI=1S/C46H50N4O10S/c1-29(2)35-9-5-7-11-37(35)43-31(15-19-41(53)47-21-23-59-27-33(47)25-51)13-17-39(45(43)49(55)56)61-40-18-14-32(16-20-42(54)48-22-24-60-28-34(48)26-52)44(46(40)50(57)58)38-12-8-6-10-36(38)30(3)4/h5-20,29-30,33-34,51-52H,21-28H2,1-4H3. The molecule has 0 bridgehead atoms. The lowest BCUT2D eigenvalue weighted by Gasteiger charge is -2.33. The number of amides is 2. The number of carbonyl (C=O) groups is 2. The van der Waals surface area contributed by atoms with Crippen LogP contribution in [-0.4, -0.2) is 106 Å². The lowest BCUT2D eigenvalue weighted by Crippen LogP contribution is -2.49. The van der Waals surface area contributed by atoms with Gasteiger partial charge in [0, 0.05) is 25.2 Å². The number of morpholine rings is 2. The largest absolute Gasteiger partial charge is 0.394 e. The Hall–Kier alpha value is -5.71. The Morgan fingerprint density at radius 1 is 0.689 bits per heavy atom. The summed E-state index contributed by atoms with van der Waals surface area (Å²) in [7, 11) is 0.